The van der Waals surface area contributed by atoms with Crippen LogP contribution in [-0.2, 0) is 11.3 Å². The molecular weight excluding hydrogens is 458 g/mol. The zero-order chi connectivity index (χ0) is 24.6. The van der Waals surface area contributed by atoms with Gasteiger partial charge in [0.25, 0.3) is 0 Å². The summed E-state index contributed by atoms with van der Waals surface area (Å²) in [5, 5.41) is 13.9. The minimum absolute atomic E-state index is 0.432. The van der Waals surface area contributed by atoms with E-state index in [-0.39, 0.29) is 0 Å². The van der Waals surface area contributed by atoms with Gasteiger partial charge < -0.3 is 15.0 Å². The first-order chi connectivity index (χ1) is 17.0. The Bertz CT molecular complexity index is 1200. The predicted octanol–water partition coefficient (Wildman–Crippen LogP) is 6.85. The lowest BCUT2D eigenvalue weighted by Gasteiger charge is -2.19. The summed E-state index contributed by atoms with van der Waals surface area (Å²) in [6.07, 6.45) is 15.7. The van der Waals surface area contributed by atoms with Gasteiger partial charge in [0.2, 0.25) is 0 Å². The van der Waals surface area contributed by atoms with Gasteiger partial charge in [-0.1, -0.05) is 63.3 Å². The molecule has 0 spiro atoms. The van der Waals surface area contributed by atoms with Crippen LogP contribution in [0.4, 0.5) is 11.5 Å². The first-order valence-electron chi connectivity index (χ1n) is 12.4. The third-order valence-electron chi connectivity index (χ3n) is 6.29. The van der Waals surface area contributed by atoms with E-state index >= 15 is 0 Å². The molecule has 1 aliphatic rings. The average molecular weight is 492 g/mol. The Morgan fingerprint density at radius 3 is 2.66 bits per heavy atom. The molecule has 0 saturated heterocycles. The molecule has 0 amide bonds. The topological polar surface area (TPSA) is 92.9 Å². The molecule has 3 aromatic rings. The van der Waals surface area contributed by atoms with Crippen molar-refractivity contribution in [3.05, 3.63) is 59.4 Å². The molecule has 0 saturated carbocycles. The number of hydrogen-bond donors (Lipinski definition) is 2. The molecule has 3 heterocycles. The van der Waals surface area contributed by atoms with Crippen LogP contribution in [0, 0.1) is 6.92 Å². The third-order valence-corrected chi connectivity index (χ3v) is 7.36. The number of carboxylic acid groups (broad SMARTS) is 1. The number of carboxylic acids is 1. The summed E-state index contributed by atoms with van der Waals surface area (Å²) in [5.74, 6) is -0.0814. The molecule has 184 valence electrons. The minimum atomic E-state index is -0.855. The van der Waals surface area contributed by atoms with Crippen molar-refractivity contribution in [2.75, 3.05) is 5.32 Å². The average Bonchev–Trinajstić information content (AvgIpc) is 3.19. The molecule has 0 bridgehead atoms. The van der Waals surface area contributed by atoms with Crippen molar-refractivity contribution in [1.82, 2.24) is 19.5 Å². The van der Waals surface area contributed by atoms with Crippen LogP contribution in [0.3, 0.4) is 0 Å². The van der Waals surface area contributed by atoms with E-state index in [0.29, 0.717) is 18.5 Å². The lowest BCUT2D eigenvalue weighted by atomic mass is 10.0. The van der Waals surface area contributed by atoms with Crippen molar-refractivity contribution in [3.63, 3.8) is 0 Å². The fourth-order valence-electron chi connectivity index (χ4n) is 4.21. The van der Waals surface area contributed by atoms with Gasteiger partial charge in [-0.15, -0.1) is 0 Å². The van der Waals surface area contributed by atoms with Crippen molar-refractivity contribution in [1.29, 1.82) is 0 Å². The number of nitrogens with one attached hydrogen (secondary N) is 1. The van der Waals surface area contributed by atoms with Gasteiger partial charge in [0.15, 0.2) is 5.82 Å². The van der Waals surface area contributed by atoms with E-state index in [1.807, 2.05) is 6.92 Å². The Morgan fingerprint density at radius 1 is 1.09 bits per heavy atom. The van der Waals surface area contributed by atoms with Crippen LogP contribution in [0.5, 0.6) is 0 Å². The predicted molar refractivity (Wildman–Crippen MR) is 140 cm³/mol. The largest absolute Gasteiger partial charge is 0.478 e. The lowest BCUT2D eigenvalue weighted by Crippen LogP contribution is -2.06. The zero-order valence-electron chi connectivity index (χ0n) is 20.5. The maximum Gasteiger partial charge on any atom is 0.331 e. The highest BCUT2D eigenvalue weighted by molar-refractivity contribution is 7.99. The monoisotopic (exact) mass is 491 g/mol. The Hall–Kier alpha value is -3.13. The number of anilines is 2. The number of hydrogen-bond acceptors (Lipinski definition) is 6. The number of unbranched alkanes of at least 4 members (excludes halogenated alkanes) is 6. The summed E-state index contributed by atoms with van der Waals surface area (Å²) in [4.78, 5) is 26.2. The molecule has 0 fully saturated rings. The first kappa shape index (κ1) is 25.0. The summed E-state index contributed by atoms with van der Waals surface area (Å²) in [7, 11) is 0. The van der Waals surface area contributed by atoms with Crippen LogP contribution >= 0.6 is 11.8 Å². The molecular formula is C27H33N5O2S. The summed E-state index contributed by atoms with van der Waals surface area (Å²) in [6.45, 7) is 4.86. The molecule has 0 atom stereocenters. The minimum Gasteiger partial charge on any atom is -0.478 e. The van der Waals surface area contributed by atoms with Crippen molar-refractivity contribution in [2.45, 2.75) is 81.7 Å². The summed E-state index contributed by atoms with van der Waals surface area (Å²) in [6, 6.07) is 6.32. The second-order valence-electron chi connectivity index (χ2n) is 8.96. The van der Waals surface area contributed by atoms with E-state index in [1.54, 1.807) is 36.6 Å². The normalized spacial score (nSPS) is 12.7. The molecule has 0 radical (unpaired) electrons. The van der Waals surface area contributed by atoms with Crippen molar-refractivity contribution in [3.8, 4) is 0 Å². The molecule has 8 heteroatoms. The van der Waals surface area contributed by atoms with Crippen LogP contribution in [0.25, 0.3) is 6.08 Å². The van der Waals surface area contributed by atoms with E-state index in [1.165, 1.54) is 32.1 Å². The van der Waals surface area contributed by atoms with Gasteiger partial charge >= 0.3 is 5.97 Å². The maximum atomic E-state index is 11.8. The summed E-state index contributed by atoms with van der Waals surface area (Å²) >= 11 is 1.61. The maximum absolute atomic E-state index is 11.8. The molecule has 1 aliphatic heterocycles. The smallest absolute Gasteiger partial charge is 0.331 e. The summed E-state index contributed by atoms with van der Waals surface area (Å²) in [5.41, 5.74) is 4.26. The van der Waals surface area contributed by atoms with Crippen molar-refractivity contribution in [2.24, 2.45) is 0 Å². The number of benzene rings is 1. The van der Waals surface area contributed by atoms with E-state index < -0.39 is 5.97 Å². The Morgan fingerprint density at radius 2 is 1.86 bits per heavy atom. The van der Waals surface area contributed by atoms with Crippen molar-refractivity contribution < 1.29 is 9.90 Å². The summed E-state index contributed by atoms with van der Waals surface area (Å²) < 4.78 is 2.06. The second-order valence-corrected chi connectivity index (χ2v) is 9.99. The van der Waals surface area contributed by atoms with E-state index in [2.05, 4.69) is 50.0 Å². The molecule has 4 rings (SSSR count). The third kappa shape index (κ3) is 6.51. The van der Waals surface area contributed by atoms with Crippen LogP contribution in [0.1, 0.15) is 75.2 Å². The Kier molecular flexibility index (Phi) is 8.58. The number of fused-ring (bicyclic) bond motifs is 2. The number of carbonyl (C=O) groups is 1. The molecule has 2 N–H and O–H groups in total. The van der Waals surface area contributed by atoms with Crippen LogP contribution in [0.15, 0.2) is 52.4 Å². The number of aromatic nitrogens is 4. The number of aliphatic carboxylic acids is 1. The van der Waals surface area contributed by atoms with Gasteiger partial charge in [0.05, 0.1) is 17.7 Å². The Balaban J connectivity index is 1.39. The highest BCUT2D eigenvalue weighted by atomic mass is 32.2. The van der Waals surface area contributed by atoms with E-state index in [0.717, 1.165) is 51.2 Å². The number of imidazole rings is 1. The molecule has 35 heavy (non-hydrogen) atoms. The lowest BCUT2D eigenvalue weighted by molar-refractivity contribution is -0.132. The Labute approximate surface area is 211 Å². The van der Waals surface area contributed by atoms with Crippen LogP contribution < -0.4 is 5.32 Å². The molecule has 1 aromatic carbocycles. The van der Waals surface area contributed by atoms with Gasteiger partial charge in [-0.05, 0) is 43.5 Å². The fraction of sp³-hybridized carbons (Fsp3) is 0.407. The standard InChI is InChI=1S/C27H33N5O2S/c1-3-4-5-6-7-8-9-10-21(27(33)34)16-22-19(2)32(18-30-22)17-20-11-12-24-23(15-20)31-25-26(35-24)29-14-13-28-25/h11-16,18H,3-10,17H2,1-2H3,(H,28,31)(H,33,34). The van der Waals surface area contributed by atoms with Gasteiger partial charge in [-0.3, -0.25) is 0 Å². The van der Waals surface area contributed by atoms with Gasteiger partial charge in [-0.25, -0.2) is 19.7 Å². The van der Waals surface area contributed by atoms with Crippen LogP contribution in [-0.4, -0.2) is 30.6 Å². The highest BCUT2D eigenvalue weighted by Crippen LogP contribution is 2.42. The fourth-order valence-corrected chi connectivity index (χ4v) is 5.09. The molecule has 2 aromatic heterocycles. The number of rotatable bonds is 12. The highest BCUT2D eigenvalue weighted by Gasteiger charge is 2.18. The molecule has 0 unspecified atom stereocenters. The first-order valence-corrected chi connectivity index (χ1v) is 13.2. The van der Waals surface area contributed by atoms with Crippen molar-refractivity contribution >= 4 is 35.3 Å². The van der Waals surface area contributed by atoms with E-state index in [9.17, 15) is 9.90 Å². The van der Waals surface area contributed by atoms with Gasteiger partial charge in [0.1, 0.15) is 5.03 Å². The quantitative estimate of drug-likeness (QED) is 0.165. The second kappa shape index (κ2) is 12.0. The van der Waals surface area contributed by atoms with Crippen LogP contribution in [0.2, 0.25) is 0 Å². The van der Waals surface area contributed by atoms with Gasteiger partial charge in [-0.2, -0.15) is 0 Å². The SMILES string of the molecule is CCCCCCCCCC(=Cc1ncn(Cc2ccc3c(c2)Nc2nccnc2S3)c1C)C(=O)O. The molecule has 7 nitrogen and oxygen atoms in total. The number of nitrogens with zero attached hydrogens (tertiary/aromatic N) is 4. The van der Waals surface area contributed by atoms with Gasteiger partial charge in [0, 0.05) is 35.1 Å². The zero-order valence-corrected chi connectivity index (χ0v) is 21.3. The van der Waals surface area contributed by atoms with E-state index in [4.69, 9.17) is 0 Å². The molecule has 0 aliphatic carbocycles.